The van der Waals surface area contributed by atoms with Crippen LogP contribution in [0.4, 0.5) is 17.1 Å². The summed E-state index contributed by atoms with van der Waals surface area (Å²) < 4.78 is 8.52. The molecule has 0 unspecified atom stereocenters. The zero-order valence-electron chi connectivity index (χ0n) is 28.8. The van der Waals surface area contributed by atoms with Crippen molar-refractivity contribution < 1.29 is 4.42 Å². The molecule has 11 aromatic rings. The highest BCUT2D eigenvalue weighted by Gasteiger charge is 2.21. The molecule has 2 aromatic heterocycles. The van der Waals surface area contributed by atoms with E-state index >= 15 is 0 Å². The van der Waals surface area contributed by atoms with Crippen molar-refractivity contribution >= 4 is 82.4 Å². The third kappa shape index (κ3) is 4.68. The predicted octanol–water partition coefficient (Wildman–Crippen LogP) is 14.1. The summed E-state index contributed by atoms with van der Waals surface area (Å²) in [6.45, 7) is 0. The lowest BCUT2D eigenvalue weighted by Crippen LogP contribution is -2.10. The van der Waals surface area contributed by atoms with Gasteiger partial charge in [-0.15, -0.1) is 0 Å². The Bertz CT molecular complexity index is 3170. The minimum absolute atomic E-state index is 0.907. The van der Waals surface area contributed by atoms with Gasteiger partial charge in [-0.05, 0) is 105 Å². The summed E-state index contributed by atoms with van der Waals surface area (Å²) in [6.07, 6.45) is 0. The lowest BCUT2D eigenvalue weighted by Gasteiger charge is -2.27. The van der Waals surface area contributed by atoms with Gasteiger partial charge in [-0.25, -0.2) is 0 Å². The summed E-state index contributed by atoms with van der Waals surface area (Å²) >= 11 is 0. The average molecular weight is 677 g/mol. The number of hydrogen-bond acceptors (Lipinski definition) is 2. The maximum absolute atomic E-state index is 6.14. The first-order valence-corrected chi connectivity index (χ1v) is 18.1. The second-order valence-electron chi connectivity index (χ2n) is 13.7. The second kappa shape index (κ2) is 11.7. The first-order valence-electron chi connectivity index (χ1n) is 18.1. The number of aromatic nitrogens is 1. The van der Waals surface area contributed by atoms with Gasteiger partial charge in [0, 0.05) is 38.6 Å². The molecule has 0 saturated heterocycles. The van der Waals surface area contributed by atoms with Crippen molar-refractivity contribution in [2.45, 2.75) is 0 Å². The summed E-state index contributed by atoms with van der Waals surface area (Å²) in [7, 11) is 0. The molecule has 0 radical (unpaired) electrons. The quantitative estimate of drug-likeness (QED) is 0.169. The van der Waals surface area contributed by atoms with Crippen LogP contribution >= 0.6 is 0 Å². The first kappa shape index (κ1) is 29.6. The topological polar surface area (TPSA) is 21.3 Å². The summed E-state index contributed by atoms with van der Waals surface area (Å²) in [5.74, 6) is 0. The molecule has 248 valence electrons. The van der Waals surface area contributed by atoms with Crippen LogP contribution in [0.15, 0.2) is 199 Å². The second-order valence-corrected chi connectivity index (χ2v) is 13.7. The Kier molecular flexibility index (Phi) is 6.55. The maximum atomic E-state index is 6.14. The Morgan fingerprint density at radius 2 is 1.02 bits per heavy atom. The Morgan fingerprint density at radius 3 is 1.89 bits per heavy atom. The molecule has 0 amide bonds. The molecule has 3 heteroatoms. The highest BCUT2D eigenvalue weighted by atomic mass is 16.3. The third-order valence-electron chi connectivity index (χ3n) is 10.8. The Hall–Kier alpha value is -7.10. The van der Waals surface area contributed by atoms with Crippen LogP contribution in [0, 0.1) is 0 Å². The van der Waals surface area contributed by atoms with E-state index in [2.05, 4.69) is 191 Å². The molecule has 3 nitrogen and oxygen atoms in total. The molecule has 0 fully saturated rings. The van der Waals surface area contributed by atoms with Crippen LogP contribution in [0.1, 0.15) is 0 Å². The lowest BCUT2D eigenvalue weighted by molar-refractivity contribution is 0.669. The molecule has 9 aromatic carbocycles. The van der Waals surface area contributed by atoms with Crippen LogP contribution in [-0.4, -0.2) is 4.57 Å². The number of hydrogen-bond donors (Lipinski definition) is 0. The van der Waals surface area contributed by atoms with E-state index in [9.17, 15) is 0 Å². The van der Waals surface area contributed by atoms with Crippen LogP contribution in [0.2, 0.25) is 0 Å². The van der Waals surface area contributed by atoms with E-state index in [1.165, 1.54) is 43.4 Å². The average Bonchev–Trinajstić information content (AvgIpc) is 3.77. The number of rotatable bonds is 5. The summed E-state index contributed by atoms with van der Waals surface area (Å²) in [6, 6.07) is 69.9. The number of para-hydroxylation sites is 3. The molecule has 0 N–H and O–H groups in total. The molecule has 53 heavy (non-hydrogen) atoms. The van der Waals surface area contributed by atoms with Crippen molar-refractivity contribution in [2.24, 2.45) is 0 Å². The summed E-state index contributed by atoms with van der Waals surface area (Å²) in [5, 5.41) is 9.66. The van der Waals surface area contributed by atoms with E-state index < -0.39 is 0 Å². The van der Waals surface area contributed by atoms with Crippen LogP contribution < -0.4 is 4.90 Å². The monoisotopic (exact) mass is 676 g/mol. The van der Waals surface area contributed by atoms with E-state index in [0.29, 0.717) is 0 Å². The molecule has 0 saturated carbocycles. The predicted molar refractivity (Wildman–Crippen MR) is 223 cm³/mol. The van der Waals surface area contributed by atoms with Gasteiger partial charge in [0.2, 0.25) is 0 Å². The fraction of sp³-hybridized carbons (Fsp3) is 0. The Labute approximate surface area is 306 Å². The Balaban J connectivity index is 1.14. The van der Waals surface area contributed by atoms with Crippen molar-refractivity contribution in [1.29, 1.82) is 0 Å². The normalized spacial score (nSPS) is 11.8. The van der Waals surface area contributed by atoms with E-state index in [-0.39, 0.29) is 0 Å². The number of fused-ring (bicyclic) bond motifs is 9. The largest absolute Gasteiger partial charge is 0.456 e. The van der Waals surface area contributed by atoms with Crippen LogP contribution in [0.5, 0.6) is 0 Å². The van der Waals surface area contributed by atoms with Crippen molar-refractivity contribution in [3.05, 3.63) is 194 Å². The Morgan fingerprint density at radius 1 is 0.377 bits per heavy atom. The molecule has 0 aliphatic heterocycles. The highest BCUT2D eigenvalue weighted by molar-refractivity contribution is 6.17. The van der Waals surface area contributed by atoms with Gasteiger partial charge in [-0.1, -0.05) is 121 Å². The van der Waals surface area contributed by atoms with Gasteiger partial charge in [-0.2, -0.15) is 0 Å². The van der Waals surface area contributed by atoms with E-state index in [4.69, 9.17) is 4.42 Å². The van der Waals surface area contributed by atoms with E-state index in [1.807, 2.05) is 12.1 Å². The lowest BCUT2D eigenvalue weighted by atomic mass is 10.00. The van der Waals surface area contributed by atoms with Crippen molar-refractivity contribution in [2.75, 3.05) is 4.90 Å². The molecule has 0 spiro atoms. The maximum Gasteiger partial charge on any atom is 0.135 e. The van der Waals surface area contributed by atoms with Crippen molar-refractivity contribution in [1.82, 2.24) is 4.57 Å². The summed E-state index contributed by atoms with van der Waals surface area (Å²) in [5.41, 5.74) is 11.0. The highest BCUT2D eigenvalue weighted by Crippen LogP contribution is 2.45. The van der Waals surface area contributed by atoms with Gasteiger partial charge >= 0.3 is 0 Å². The summed E-state index contributed by atoms with van der Waals surface area (Å²) in [4.78, 5) is 2.43. The molecular weight excluding hydrogens is 645 g/mol. The van der Waals surface area contributed by atoms with Crippen LogP contribution in [0.3, 0.4) is 0 Å². The van der Waals surface area contributed by atoms with Crippen molar-refractivity contribution in [3.63, 3.8) is 0 Å². The third-order valence-corrected chi connectivity index (χ3v) is 10.8. The molecule has 0 bridgehead atoms. The van der Waals surface area contributed by atoms with Crippen LogP contribution in [-0.2, 0) is 0 Å². The fourth-order valence-corrected chi connectivity index (χ4v) is 8.31. The van der Waals surface area contributed by atoms with E-state index in [1.54, 1.807) is 0 Å². The number of nitrogens with zero attached hydrogens (tertiary/aromatic N) is 2. The standard InChI is InChI=1S/C50H32N2O/c1-2-12-37(13-3-1)52-45-17-8-6-16-42(45)50-46(18-10-19-47(50)52)51(39-29-25-35-22-21-34-11-4-5-14-40(34)43(35)32-39)38-27-23-33(24-28-38)36-26-30-49-44(31-36)41-15-7-9-20-48(41)53-49/h1-32H. The van der Waals surface area contributed by atoms with Crippen molar-refractivity contribution in [3.8, 4) is 16.8 Å². The van der Waals surface area contributed by atoms with Gasteiger partial charge in [-0.3, -0.25) is 0 Å². The molecule has 0 atom stereocenters. The minimum atomic E-state index is 0.907. The van der Waals surface area contributed by atoms with Gasteiger partial charge in [0.15, 0.2) is 0 Å². The number of benzene rings is 9. The number of anilines is 3. The van der Waals surface area contributed by atoms with Gasteiger partial charge < -0.3 is 13.9 Å². The van der Waals surface area contributed by atoms with Gasteiger partial charge in [0.05, 0.1) is 16.7 Å². The minimum Gasteiger partial charge on any atom is -0.456 e. The first-order chi connectivity index (χ1) is 26.3. The van der Waals surface area contributed by atoms with Gasteiger partial charge in [0.1, 0.15) is 11.2 Å². The molecule has 0 aliphatic carbocycles. The fourth-order valence-electron chi connectivity index (χ4n) is 8.31. The van der Waals surface area contributed by atoms with E-state index in [0.717, 1.165) is 55.8 Å². The molecule has 2 heterocycles. The zero-order valence-corrected chi connectivity index (χ0v) is 28.8. The molecular formula is C50H32N2O. The molecule has 11 rings (SSSR count). The van der Waals surface area contributed by atoms with Crippen LogP contribution in [0.25, 0.3) is 82.1 Å². The SMILES string of the molecule is c1ccc(-n2c3ccccc3c3c(N(c4ccc(-c5ccc6oc7ccccc7c6c5)cc4)c4ccc5ccc6ccccc6c5c4)cccc32)cc1. The van der Waals surface area contributed by atoms with Gasteiger partial charge in [0.25, 0.3) is 0 Å². The number of furan rings is 1. The smallest absolute Gasteiger partial charge is 0.135 e. The molecule has 0 aliphatic rings. The zero-order chi connectivity index (χ0) is 34.9.